The molecule has 3 nitrogen and oxygen atoms in total. The molecule has 8 aromatic rings. The van der Waals surface area contributed by atoms with E-state index < -0.39 is 0 Å². The molecular formula is C42H28N2OS. The second kappa shape index (κ2) is 10.8. The minimum atomic E-state index is 0.676. The summed E-state index contributed by atoms with van der Waals surface area (Å²) < 4.78 is 8.82. The highest BCUT2D eigenvalue weighted by molar-refractivity contribution is 7.26. The van der Waals surface area contributed by atoms with Crippen LogP contribution in [0.4, 0.5) is 0 Å². The monoisotopic (exact) mass is 608 g/mol. The molecule has 0 atom stereocenters. The Balaban J connectivity index is 1.26. The molecule has 46 heavy (non-hydrogen) atoms. The molecule has 0 unspecified atom stereocenters. The van der Waals surface area contributed by atoms with E-state index in [2.05, 4.69) is 128 Å². The van der Waals surface area contributed by atoms with Crippen LogP contribution < -0.4 is 0 Å². The SMILES string of the molecule is CC1=C(c2cccc3c2sc2ccccc23)N=C(c2ccccc2)N=C(c2ccccc2-c2cccc3oc4ccccc4c23)C1. The van der Waals surface area contributed by atoms with Gasteiger partial charge in [-0.25, -0.2) is 9.98 Å². The molecule has 0 saturated carbocycles. The fourth-order valence-electron chi connectivity index (χ4n) is 6.79. The van der Waals surface area contributed by atoms with Gasteiger partial charge in [-0.1, -0.05) is 121 Å². The van der Waals surface area contributed by atoms with Crippen LogP contribution in [0.15, 0.2) is 160 Å². The van der Waals surface area contributed by atoms with Crippen LogP contribution in [-0.2, 0) is 0 Å². The van der Waals surface area contributed by atoms with E-state index in [9.17, 15) is 0 Å². The van der Waals surface area contributed by atoms with Crippen LogP contribution in [0.3, 0.4) is 0 Å². The third-order valence-corrected chi connectivity index (χ3v) is 10.1. The predicted octanol–water partition coefficient (Wildman–Crippen LogP) is 11.7. The summed E-state index contributed by atoms with van der Waals surface area (Å²) in [5.74, 6) is 0.724. The minimum Gasteiger partial charge on any atom is -0.456 e. The van der Waals surface area contributed by atoms with Crippen molar-refractivity contribution in [2.75, 3.05) is 0 Å². The summed E-state index contributed by atoms with van der Waals surface area (Å²) in [6.45, 7) is 2.21. The van der Waals surface area contributed by atoms with Crippen LogP contribution >= 0.6 is 11.3 Å². The molecule has 6 aromatic carbocycles. The number of hydrogen-bond donors (Lipinski definition) is 0. The number of thiophene rings is 1. The van der Waals surface area contributed by atoms with E-state index in [4.69, 9.17) is 14.4 Å². The summed E-state index contributed by atoms with van der Waals surface area (Å²) >= 11 is 1.84. The van der Waals surface area contributed by atoms with Crippen molar-refractivity contribution in [2.45, 2.75) is 13.3 Å². The predicted molar refractivity (Wildman–Crippen MR) is 195 cm³/mol. The van der Waals surface area contributed by atoms with Crippen molar-refractivity contribution in [3.8, 4) is 11.1 Å². The van der Waals surface area contributed by atoms with Gasteiger partial charge in [0, 0.05) is 54.1 Å². The number of nitrogens with zero attached hydrogens (tertiary/aromatic N) is 2. The molecule has 9 rings (SSSR count). The molecule has 3 heterocycles. The van der Waals surface area contributed by atoms with Crippen molar-refractivity contribution in [1.29, 1.82) is 0 Å². The Morgan fingerprint density at radius 2 is 1.20 bits per heavy atom. The van der Waals surface area contributed by atoms with Crippen molar-refractivity contribution in [3.05, 3.63) is 162 Å². The van der Waals surface area contributed by atoms with E-state index in [0.29, 0.717) is 6.42 Å². The van der Waals surface area contributed by atoms with Gasteiger partial charge < -0.3 is 4.42 Å². The molecule has 0 N–H and O–H groups in total. The van der Waals surface area contributed by atoms with Crippen LogP contribution in [0, 0.1) is 0 Å². The maximum Gasteiger partial charge on any atom is 0.160 e. The number of aliphatic imine (C=N–C) groups is 2. The fourth-order valence-corrected chi connectivity index (χ4v) is 8.01. The van der Waals surface area contributed by atoms with Gasteiger partial charge in [-0.2, -0.15) is 0 Å². The lowest BCUT2D eigenvalue weighted by atomic mass is 9.90. The van der Waals surface area contributed by atoms with E-state index in [-0.39, 0.29) is 0 Å². The third kappa shape index (κ3) is 4.33. The average molecular weight is 609 g/mol. The maximum absolute atomic E-state index is 6.28. The molecule has 0 amide bonds. The minimum absolute atomic E-state index is 0.676. The highest BCUT2D eigenvalue weighted by atomic mass is 32.1. The van der Waals surface area contributed by atoms with E-state index >= 15 is 0 Å². The number of fused-ring (bicyclic) bond motifs is 6. The molecule has 0 radical (unpaired) electrons. The molecule has 0 bridgehead atoms. The van der Waals surface area contributed by atoms with Crippen LogP contribution in [0.25, 0.3) is 58.9 Å². The largest absolute Gasteiger partial charge is 0.456 e. The highest BCUT2D eigenvalue weighted by Crippen LogP contribution is 2.42. The smallest absolute Gasteiger partial charge is 0.160 e. The third-order valence-electron chi connectivity index (χ3n) is 8.92. The van der Waals surface area contributed by atoms with Crippen LogP contribution in [-0.4, -0.2) is 11.5 Å². The van der Waals surface area contributed by atoms with Gasteiger partial charge in [0.2, 0.25) is 0 Å². The lowest BCUT2D eigenvalue weighted by Gasteiger charge is -2.14. The standard InChI is InChI=1S/C42H28N2OS/c1-26-25-35(29-16-6-5-15-28(29)31-19-12-23-37-39(31)33-18-7-9-22-36(33)45-37)43-42(27-13-3-2-4-14-27)44-40(26)34-21-11-20-32-30-17-8-10-24-38(30)46-41(32)34/h2-24H,25H2,1H3. The zero-order valence-corrected chi connectivity index (χ0v) is 26.0. The fraction of sp³-hybridized carbons (Fsp3) is 0.0476. The van der Waals surface area contributed by atoms with Crippen molar-refractivity contribution in [3.63, 3.8) is 0 Å². The molecule has 0 spiro atoms. The lowest BCUT2D eigenvalue weighted by molar-refractivity contribution is 0.669. The molecule has 0 aliphatic carbocycles. The average Bonchev–Trinajstić information content (AvgIpc) is 3.63. The van der Waals surface area contributed by atoms with Crippen LogP contribution in [0.2, 0.25) is 0 Å². The van der Waals surface area contributed by atoms with E-state index in [1.807, 2.05) is 29.5 Å². The molecule has 0 saturated heterocycles. The molecule has 1 aliphatic rings. The van der Waals surface area contributed by atoms with Crippen molar-refractivity contribution >= 4 is 70.7 Å². The van der Waals surface area contributed by atoms with Gasteiger partial charge in [-0.3, -0.25) is 0 Å². The van der Waals surface area contributed by atoms with E-state index in [1.165, 1.54) is 25.7 Å². The van der Waals surface area contributed by atoms with Crippen LogP contribution in [0.1, 0.15) is 30.0 Å². The second-order valence-electron chi connectivity index (χ2n) is 11.8. The van der Waals surface area contributed by atoms with Gasteiger partial charge >= 0.3 is 0 Å². The molecule has 1 aliphatic heterocycles. The maximum atomic E-state index is 6.28. The number of hydrogen-bond acceptors (Lipinski definition) is 4. The van der Waals surface area contributed by atoms with Crippen molar-refractivity contribution in [2.24, 2.45) is 9.98 Å². The topological polar surface area (TPSA) is 37.9 Å². The number of allylic oxidation sites excluding steroid dienone is 1. The molecule has 2 aromatic heterocycles. The molecule has 218 valence electrons. The number of rotatable bonds is 4. The van der Waals surface area contributed by atoms with Crippen molar-refractivity contribution < 1.29 is 4.42 Å². The Labute approximate surface area is 270 Å². The summed E-state index contributed by atoms with van der Waals surface area (Å²) in [5, 5.41) is 4.80. The van der Waals surface area contributed by atoms with Gasteiger partial charge in [0.05, 0.1) is 11.4 Å². The van der Waals surface area contributed by atoms with Gasteiger partial charge in [0.25, 0.3) is 0 Å². The quantitative estimate of drug-likeness (QED) is 0.196. The molecule has 4 heteroatoms. The van der Waals surface area contributed by atoms with Gasteiger partial charge in [-0.15, -0.1) is 11.3 Å². The number of benzene rings is 6. The first kappa shape index (κ1) is 26.8. The van der Waals surface area contributed by atoms with Gasteiger partial charge in [0.15, 0.2) is 5.84 Å². The zero-order chi connectivity index (χ0) is 30.6. The summed E-state index contributed by atoms with van der Waals surface area (Å²) in [6, 6.07) is 48.8. The molecular weight excluding hydrogens is 581 g/mol. The normalized spacial score (nSPS) is 13.8. The summed E-state index contributed by atoms with van der Waals surface area (Å²) in [7, 11) is 0. The number of amidine groups is 1. The first-order chi connectivity index (χ1) is 22.7. The summed E-state index contributed by atoms with van der Waals surface area (Å²) in [5.41, 5.74) is 10.5. The Morgan fingerprint density at radius 1 is 0.543 bits per heavy atom. The summed E-state index contributed by atoms with van der Waals surface area (Å²) in [4.78, 5) is 10.8. The lowest BCUT2D eigenvalue weighted by Crippen LogP contribution is -2.07. The van der Waals surface area contributed by atoms with Gasteiger partial charge in [0.1, 0.15) is 11.2 Å². The molecule has 0 fully saturated rings. The van der Waals surface area contributed by atoms with Gasteiger partial charge in [-0.05, 0) is 41.8 Å². The Morgan fingerprint density at radius 3 is 2.09 bits per heavy atom. The first-order valence-electron chi connectivity index (χ1n) is 15.5. The second-order valence-corrected chi connectivity index (χ2v) is 12.8. The van der Waals surface area contributed by atoms with Crippen LogP contribution in [0.5, 0.6) is 0 Å². The number of para-hydroxylation sites is 1. The Bertz CT molecular complexity index is 2560. The number of furan rings is 1. The van der Waals surface area contributed by atoms with E-state index in [1.54, 1.807) is 0 Å². The highest BCUT2D eigenvalue weighted by Gasteiger charge is 2.22. The van der Waals surface area contributed by atoms with E-state index in [0.717, 1.165) is 67.0 Å². The first-order valence-corrected chi connectivity index (χ1v) is 16.4. The van der Waals surface area contributed by atoms with Crippen molar-refractivity contribution in [1.82, 2.24) is 0 Å². The Hall–Kier alpha value is -5.58. The Kier molecular flexibility index (Phi) is 6.29. The summed E-state index contributed by atoms with van der Waals surface area (Å²) in [6.07, 6.45) is 0.676. The zero-order valence-electron chi connectivity index (χ0n) is 25.2.